The molecule has 0 unspecified atom stereocenters. The van der Waals surface area contributed by atoms with Crippen LogP contribution in [0.5, 0.6) is 5.75 Å². The Balaban J connectivity index is 1.33. The summed E-state index contributed by atoms with van der Waals surface area (Å²) in [6.07, 6.45) is 1.71. The molecule has 2 N–H and O–H groups in total. The molecule has 0 aliphatic carbocycles. The summed E-state index contributed by atoms with van der Waals surface area (Å²) in [5, 5.41) is 9.69. The highest BCUT2D eigenvalue weighted by Gasteiger charge is 2.27. The zero-order valence-corrected chi connectivity index (χ0v) is 15.0. The van der Waals surface area contributed by atoms with Crippen molar-refractivity contribution < 1.29 is 14.3 Å². The Kier molecular flexibility index (Phi) is 5.01. The van der Waals surface area contributed by atoms with E-state index in [1.807, 2.05) is 42.5 Å². The summed E-state index contributed by atoms with van der Waals surface area (Å²) in [6.45, 7) is 0.400. The van der Waals surface area contributed by atoms with Crippen molar-refractivity contribution in [3.05, 3.63) is 72.1 Å². The van der Waals surface area contributed by atoms with E-state index in [0.717, 1.165) is 11.1 Å². The van der Waals surface area contributed by atoms with Gasteiger partial charge in [-0.1, -0.05) is 42.5 Å². The molecule has 1 aliphatic rings. The van der Waals surface area contributed by atoms with Gasteiger partial charge in [-0.25, -0.2) is 4.68 Å². The molecular formula is C20H19N5O3. The van der Waals surface area contributed by atoms with E-state index in [1.54, 1.807) is 16.8 Å². The highest BCUT2D eigenvalue weighted by Crippen LogP contribution is 2.29. The number of ether oxygens (including phenoxy) is 1. The van der Waals surface area contributed by atoms with Crippen LogP contribution in [-0.4, -0.2) is 33.2 Å². The minimum atomic E-state index is -0.213. The SMILES string of the molecule is O=C(COc1ccc([C@H]2CC(=O)Nc3ncnn32)cc1)NCc1ccccc1. The molecule has 28 heavy (non-hydrogen) atoms. The fourth-order valence-corrected chi connectivity index (χ4v) is 3.05. The first-order valence-electron chi connectivity index (χ1n) is 8.92. The number of anilines is 1. The van der Waals surface area contributed by atoms with Gasteiger partial charge in [0.2, 0.25) is 11.9 Å². The predicted molar refractivity (Wildman–Crippen MR) is 102 cm³/mol. The largest absolute Gasteiger partial charge is 0.484 e. The first-order valence-corrected chi connectivity index (χ1v) is 8.92. The van der Waals surface area contributed by atoms with Gasteiger partial charge >= 0.3 is 0 Å². The fraction of sp³-hybridized carbons (Fsp3) is 0.200. The number of nitrogens with zero attached hydrogens (tertiary/aromatic N) is 3. The zero-order chi connectivity index (χ0) is 19.3. The van der Waals surface area contributed by atoms with E-state index in [1.165, 1.54) is 6.33 Å². The van der Waals surface area contributed by atoms with Crippen LogP contribution in [0.4, 0.5) is 5.95 Å². The van der Waals surface area contributed by atoms with E-state index in [9.17, 15) is 9.59 Å². The third kappa shape index (κ3) is 4.01. The van der Waals surface area contributed by atoms with Gasteiger partial charge in [0.1, 0.15) is 12.1 Å². The van der Waals surface area contributed by atoms with E-state index in [4.69, 9.17) is 4.74 Å². The monoisotopic (exact) mass is 377 g/mol. The molecule has 2 amide bonds. The number of fused-ring (bicyclic) bond motifs is 1. The minimum Gasteiger partial charge on any atom is -0.484 e. The standard InChI is InChI=1S/C20H19N5O3/c26-18-10-17(25-20(24-18)22-13-23-25)15-6-8-16(9-7-15)28-12-19(27)21-11-14-4-2-1-3-5-14/h1-9,13,17H,10-12H2,(H,21,27)(H,22,23,24,26)/t17-/m1/s1. The molecule has 0 saturated carbocycles. The first-order chi connectivity index (χ1) is 13.7. The molecule has 0 fully saturated rings. The Bertz CT molecular complexity index is 969. The molecule has 4 rings (SSSR count). The van der Waals surface area contributed by atoms with Gasteiger partial charge in [-0.3, -0.25) is 14.9 Å². The molecular weight excluding hydrogens is 358 g/mol. The number of hydrogen-bond donors (Lipinski definition) is 2. The molecule has 0 radical (unpaired) electrons. The van der Waals surface area contributed by atoms with Crippen molar-refractivity contribution in [2.45, 2.75) is 19.0 Å². The average molecular weight is 377 g/mol. The van der Waals surface area contributed by atoms with E-state index >= 15 is 0 Å². The molecule has 1 atom stereocenters. The summed E-state index contributed by atoms with van der Waals surface area (Å²) >= 11 is 0. The number of carbonyl (C=O) groups excluding carboxylic acids is 2. The Morgan fingerprint density at radius 3 is 2.75 bits per heavy atom. The van der Waals surface area contributed by atoms with Crippen molar-refractivity contribution in [1.29, 1.82) is 0 Å². The van der Waals surface area contributed by atoms with E-state index < -0.39 is 0 Å². The van der Waals surface area contributed by atoms with Gasteiger partial charge in [-0.15, -0.1) is 0 Å². The summed E-state index contributed by atoms with van der Waals surface area (Å²) in [5.74, 6) is 0.736. The van der Waals surface area contributed by atoms with Crippen molar-refractivity contribution in [3.8, 4) is 5.75 Å². The van der Waals surface area contributed by atoms with Crippen LogP contribution in [0.2, 0.25) is 0 Å². The first kappa shape index (κ1) is 17.7. The third-order valence-corrected chi connectivity index (χ3v) is 4.47. The third-order valence-electron chi connectivity index (χ3n) is 4.47. The predicted octanol–water partition coefficient (Wildman–Crippen LogP) is 1.90. The molecule has 2 aromatic carbocycles. The highest BCUT2D eigenvalue weighted by atomic mass is 16.5. The Morgan fingerprint density at radius 2 is 1.96 bits per heavy atom. The lowest BCUT2D eigenvalue weighted by atomic mass is 10.0. The van der Waals surface area contributed by atoms with Crippen molar-refractivity contribution in [2.75, 3.05) is 11.9 Å². The lowest BCUT2D eigenvalue weighted by Gasteiger charge is -2.23. The summed E-state index contributed by atoms with van der Waals surface area (Å²) in [4.78, 5) is 27.8. The van der Waals surface area contributed by atoms with Crippen LogP contribution in [0.3, 0.4) is 0 Å². The van der Waals surface area contributed by atoms with Crippen LogP contribution < -0.4 is 15.4 Å². The molecule has 1 aliphatic heterocycles. The van der Waals surface area contributed by atoms with Crippen LogP contribution >= 0.6 is 0 Å². The van der Waals surface area contributed by atoms with Crippen LogP contribution in [0.15, 0.2) is 60.9 Å². The van der Waals surface area contributed by atoms with Crippen molar-refractivity contribution >= 4 is 17.8 Å². The molecule has 3 aromatic rings. The van der Waals surface area contributed by atoms with E-state index in [0.29, 0.717) is 24.7 Å². The Morgan fingerprint density at radius 1 is 1.18 bits per heavy atom. The fourth-order valence-electron chi connectivity index (χ4n) is 3.05. The number of hydrogen-bond acceptors (Lipinski definition) is 5. The summed E-state index contributed by atoms with van der Waals surface area (Å²) < 4.78 is 7.24. The van der Waals surface area contributed by atoms with Crippen LogP contribution in [0.25, 0.3) is 0 Å². The summed E-state index contributed by atoms with van der Waals surface area (Å²) in [5.41, 5.74) is 1.95. The Labute approximate surface area is 161 Å². The van der Waals surface area contributed by atoms with Gasteiger partial charge in [0, 0.05) is 6.54 Å². The van der Waals surface area contributed by atoms with Crippen LogP contribution in [-0.2, 0) is 16.1 Å². The smallest absolute Gasteiger partial charge is 0.258 e. The van der Waals surface area contributed by atoms with Crippen molar-refractivity contribution in [1.82, 2.24) is 20.1 Å². The van der Waals surface area contributed by atoms with Gasteiger partial charge < -0.3 is 10.1 Å². The van der Waals surface area contributed by atoms with Gasteiger partial charge in [-0.05, 0) is 23.3 Å². The zero-order valence-electron chi connectivity index (χ0n) is 15.0. The second-order valence-corrected chi connectivity index (χ2v) is 6.42. The number of carbonyl (C=O) groups is 2. The molecule has 0 saturated heterocycles. The summed E-state index contributed by atoms with van der Waals surface area (Å²) in [6, 6.07) is 16.8. The highest BCUT2D eigenvalue weighted by molar-refractivity contribution is 5.91. The summed E-state index contributed by atoms with van der Waals surface area (Å²) in [7, 11) is 0. The number of aromatic nitrogens is 3. The number of amides is 2. The molecule has 1 aromatic heterocycles. The second kappa shape index (κ2) is 7.91. The molecule has 8 heteroatoms. The van der Waals surface area contributed by atoms with E-state index in [-0.39, 0.29) is 24.5 Å². The molecule has 0 spiro atoms. The van der Waals surface area contributed by atoms with Crippen molar-refractivity contribution in [2.24, 2.45) is 0 Å². The van der Waals surface area contributed by atoms with E-state index in [2.05, 4.69) is 20.7 Å². The number of rotatable bonds is 6. The molecule has 0 bridgehead atoms. The van der Waals surface area contributed by atoms with Gasteiger partial charge in [0.15, 0.2) is 6.61 Å². The number of nitrogens with one attached hydrogen (secondary N) is 2. The Hall–Kier alpha value is -3.68. The topological polar surface area (TPSA) is 98.1 Å². The second-order valence-electron chi connectivity index (χ2n) is 6.42. The lowest BCUT2D eigenvalue weighted by molar-refractivity contribution is -0.123. The van der Waals surface area contributed by atoms with Gasteiger partial charge in [0.25, 0.3) is 5.91 Å². The minimum absolute atomic E-state index is 0.0642. The van der Waals surface area contributed by atoms with Crippen molar-refractivity contribution in [3.63, 3.8) is 0 Å². The maximum absolute atomic E-state index is 11.9. The van der Waals surface area contributed by atoms with Gasteiger partial charge in [0.05, 0.1) is 12.5 Å². The van der Waals surface area contributed by atoms with Gasteiger partial charge in [-0.2, -0.15) is 10.1 Å². The normalized spacial score (nSPS) is 15.4. The average Bonchev–Trinajstić information content (AvgIpc) is 3.19. The lowest BCUT2D eigenvalue weighted by Crippen LogP contribution is -2.29. The maximum atomic E-state index is 11.9. The molecule has 142 valence electrons. The number of benzene rings is 2. The quantitative estimate of drug-likeness (QED) is 0.684. The molecule has 8 nitrogen and oxygen atoms in total. The van der Waals surface area contributed by atoms with Crippen LogP contribution in [0, 0.1) is 0 Å². The molecule has 2 heterocycles. The van der Waals surface area contributed by atoms with Crippen LogP contribution in [0.1, 0.15) is 23.6 Å². The maximum Gasteiger partial charge on any atom is 0.258 e.